The number of hydrogen-bond donors (Lipinski definition) is 2. The topological polar surface area (TPSA) is 58.6 Å². The molecule has 4 nitrogen and oxygen atoms in total. The van der Waals surface area contributed by atoms with Gasteiger partial charge in [-0.15, -0.1) is 0 Å². The lowest BCUT2D eigenvalue weighted by atomic mass is 9.80. The SMILES string of the molecule is O=C(NCC1(O)CCC1)c1ccc(F)c(COCC2CC2)c1. The van der Waals surface area contributed by atoms with E-state index in [2.05, 4.69) is 5.32 Å². The minimum Gasteiger partial charge on any atom is -0.388 e. The summed E-state index contributed by atoms with van der Waals surface area (Å²) in [6.07, 6.45) is 4.81. The van der Waals surface area contributed by atoms with E-state index in [1.165, 1.54) is 31.0 Å². The smallest absolute Gasteiger partial charge is 0.251 e. The number of carbonyl (C=O) groups excluding carboxylic acids is 1. The van der Waals surface area contributed by atoms with E-state index in [9.17, 15) is 14.3 Å². The van der Waals surface area contributed by atoms with Gasteiger partial charge in [0.25, 0.3) is 5.91 Å². The van der Waals surface area contributed by atoms with Gasteiger partial charge in [0.2, 0.25) is 0 Å². The number of amides is 1. The maximum atomic E-state index is 13.8. The third kappa shape index (κ3) is 3.84. The van der Waals surface area contributed by atoms with Crippen LogP contribution in [0.2, 0.25) is 0 Å². The van der Waals surface area contributed by atoms with Crippen molar-refractivity contribution >= 4 is 5.91 Å². The van der Waals surface area contributed by atoms with Crippen LogP contribution in [-0.4, -0.2) is 29.8 Å². The van der Waals surface area contributed by atoms with Crippen molar-refractivity contribution in [1.29, 1.82) is 0 Å². The average Bonchev–Trinajstić information content (AvgIpc) is 3.29. The van der Waals surface area contributed by atoms with Gasteiger partial charge in [0.05, 0.1) is 12.2 Å². The second kappa shape index (κ2) is 6.34. The quantitative estimate of drug-likeness (QED) is 0.813. The standard InChI is InChI=1S/C17H22FNO3/c18-15-5-4-13(8-14(15)10-22-9-12-2-3-12)16(20)19-11-17(21)6-1-7-17/h4-5,8,12,21H,1-3,6-7,9-11H2,(H,19,20). The first-order valence-electron chi connectivity index (χ1n) is 7.92. The average molecular weight is 307 g/mol. The Morgan fingerprint density at radius 1 is 1.41 bits per heavy atom. The van der Waals surface area contributed by atoms with E-state index in [1.54, 1.807) is 0 Å². The van der Waals surface area contributed by atoms with Gasteiger partial charge in [-0.05, 0) is 56.2 Å². The van der Waals surface area contributed by atoms with Crippen molar-refractivity contribution in [2.24, 2.45) is 5.92 Å². The monoisotopic (exact) mass is 307 g/mol. The predicted molar refractivity (Wildman–Crippen MR) is 79.9 cm³/mol. The first kappa shape index (κ1) is 15.4. The fourth-order valence-corrected chi connectivity index (χ4v) is 2.56. The van der Waals surface area contributed by atoms with Crippen LogP contribution < -0.4 is 5.32 Å². The first-order valence-corrected chi connectivity index (χ1v) is 7.92. The zero-order valence-corrected chi connectivity index (χ0v) is 12.6. The van der Waals surface area contributed by atoms with E-state index < -0.39 is 5.60 Å². The van der Waals surface area contributed by atoms with Crippen molar-refractivity contribution in [3.05, 3.63) is 35.1 Å². The van der Waals surface area contributed by atoms with E-state index in [1.807, 2.05) is 0 Å². The van der Waals surface area contributed by atoms with Gasteiger partial charge in [0, 0.05) is 24.3 Å². The summed E-state index contributed by atoms with van der Waals surface area (Å²) < 4.78 is 19.2. The molecule has 0 radical (unpaired) electrons. The second-order valence-corrected chi connectivity index (χ2v) is 6.53. The third-order valence-corrected chi connectivity index (χ3v) is 4.48. The molecule has 120 valence electrons. The van der Waals surface area contributed by atoms with Crippen LogP contribution in [0.1, 0.15) is 48.0 Å². The fourth-order valence-electron chi connectivity index (χ4n) is 2.56. The molecule has 2 N–H and O–H groups in total. The van der Waals surface area contributed by atoms with Gasteiger partial charge < -0.3 is 15.2 Å². The zero-order chi connectivity index (χ0) is 15.6. The maximum absolute atomic E-state index is 13.8. The van der Waals surface area contributed by atoms with Crippen LogP contribution in [0.15, 0.2) is 18.2 Å². The molecule has 2 aliphatic carbocycles. The van der Waals surface area contributed by atoms with Crippen molar-refractivity contribution in [2.75, 3.05) is 13.2 Å². The highest BCUT2D eigenvalue weighted by Crippen LogP contribution is 2.31. The van der Waals surface area contributed by atoms with Crippen LogP contribution in [0.5, 0.6) is 0 Å². The van der Waals surface area contributed by atoms with Gasteiger partial charge in [-0.3, -0.25) is 4.79 Å². The van der Waals surface area contributed by atoms with Crippen molar-refractivity contribution in [3.8, 4) is 0 Å². The van der Waals surface area contributed by atoms with Crippen LogP contribution in [0.25, 0.3) is 0 Å². The number of rotatable bonds is 7. The molecule has 0 unspecified atom stereocenters. The number of hydrogen-bond acceptors (Lipinski definition) is 3. The molecule has 22 heavy (non-hydrogen) atoms. The Hall–Kier alpha value is -1.46. The highest BCUT2D eigenvalue weighted by atomic mass is 19.1. The summed E-state index contributed by atoms with van der Waals surface area (Å²) in [6, 6.07) is 4.28. The molecule has 0 aliphatic heterocycles. The Balaban J connectivity index is 1.56. The molecule has 0 bridgehead atoms. The summed E-state index contributed by atoms with van der Waals surface area (Å²) in [4.78, 5) is 12.1. The van der Waals surface area contributed by atoms with Crippen molar-refractivity contribution in [1.82, 2.24) is 5.32 Å². The van der Waals surface area contributed by atoms with Crippen LogP contribution in [0, 0.1) is 11.7 Å². The minimum absolute atomic E-state index is 0.188. The minimum atomic E-state index is -0.758. The Morgan fingerprint density at radius 2 is 2.18 bits per heavy atom. The van der Waals surface area contributed by atoms with Crippen LogP contribution in [0.3, 0.4) is 0 Å². The van der Waals surface area contributed by atoms with Crippen molar-refractivity contribution in [2.45, 2.75) is 44.3 Å². The molecule has 1 aromatic rings. The number of benzene rings is 1. The summed E-state index contributed by atoms with van der Waals surface area (Å²) >= 11 is 0. The predicted octanol–water partition coefficient (Wildman–Crippen LogP) is 2.40. The summed E-state index contributed by atoms with van der Waals surface area (Å²) in [7, 11) is 0. The third-order valence-electron chi connectivity index (χ3n) is 4.48. The first-order chi connectivity index (χ1) is 10.6. The van der Waals surface area contributed by atoms with E-state index in [-0.39, 0.29) is 24.9 Å². The molecule has 1 aromatic carbocycles. The van der Waals surface area contributed by atoms with Crippen molar-refractivity contribution in [3.63, 3.8) is 0 Å². The van der Waals surface area contributed by atoms with Gasteiger partial charge in [-0.2, -0.15) is 0 Å². The zero-order valence-electron chi connectivity index (χ0n) is 12.6. The van der Waals surface area contributed by atoms with E-state index in [4.69, 9.17) is 4.74 Å². The molecule has 0 heterocycles. The largest absolute Gasteiger partial charge is 0.388 e. The molecule has 0 saturated heterocycles. The lowest BCUT2D eigenvalue weighted by Crippen LogP contribution is -2.47. The number of halogens is 1. The molecular weight excluding hydrogens is 285 g/mol. The number of nitrogens with one attached hydrogen (secondary N) is 1. The van der Waals surface area contributed by atoms with Gasteiger partial charge in [-0.1, -0.05) is 0 Å². The van der Waals surface area contributed by atoms with E-state index in [0.717, 1.165) is 19.3 Å². The summed E-state index contributed by atoms with van der Waals surface area (Å²) in [5.41, 5.74) is 0.0383. The Kier molecular flexibility index (Phi) is 4.45. The Labute approximate surface area is 129 Å². The van der Waals surface area contributed by atoms with Crippen molar-refractivity contribution < 1.29 is 19.0 Å². The molecule has 0 aromatic heterocycles. The second-order valence-electron chi connectivity index (χ2n) is 6.53. The highest BCUT2D eigenvalue weighted by Gasteiger charge is 2.34. The summed E-state index contributed by atoms with van der Waals surface area (Å²) in [6.45, 7) is 1.09. The molecule has 5 heteroatoms. The molecule has 2 saturated carbocycles. The van der Waals surface area contributed by atoms with Gasteiger partial charge >= 0.3 is 0 Å². The normalized spacial score (nSPS) is 19.5. The molecule has 0 spiro atoms. The Morgan fingerprint density at radius 3 is 2.82 bits per heavy atom. The van der Waals surface area contributed by atoms with Crippen LogP contribution in [0.4, 0.5) is 4.39 Å². The van der Waals surface area contributed by atoms with Crippen LogP contribution in [-0.2, 0) is 11.3 Å². The molecule has 3 rings (SSSR count). The lowest BCUT2D eigenvalue weighted by molar-refractivity contribution is -0.0300. The lowest BCUT2D eigenvalue weighted by Gasteiger charge is -2.36. The van der Waals surface area contributed by atoms with E-state index >= 15 is 0 Å². The molecule has 2 aliphatic rings. The molecular formula is C17H22FNO3. The fraction of sp³-hybridized carbons (Fsp3) is 0.588. The highest BCUT2D eigenvalue weighted by molar-refractivity contribution is 5.94. The molecule has 2 fully saturated rings. The number of ether oxygens (including phenoxy) is 1. The summed E-state index contributed by atoms with van der Waals surface area (Å²) in [5, 5.41) is 12.7. The van der Waals surface area contributed by atoms with E-state index in [0.29, 0.717) is 23.7 Å². The van der Waals surface area contributed by atoms with Gasteiger partial charge in [0.1, 0.15) is 5.82 Å². The van der Waals surface area contributed by atoms with Gasteiger partial charge in [0.15, 0.2) is 0 Å². The van der Waals surface area contributed by atoms with Crippen LogP contribution >= 0.6 is 0 Å². The number of aliphatic hydroxyl groups is 1. The summed E-state index contributed by atoms with van der Waals surface area (Å²) in [5.74, 6) is -0.0218. The molecule has 1 amide bonds. The Bertz CT molecular complexity index is 553. The number of carbonyl (C=O) groups is 1. The van der Waals surface area contributed by atoms with Gasteiger partial charge in [-0.25, -0.2) is 4.39 Å². The maximum Gasteiger partial charge on any atom is 0.251 e. The molecule has 0 atom stereocenters.